The van der Waals surface area contributed by atoms with Crippen molar-refractivity contribution < 1.29 is 14.3 Å². The Bertz CT molecular complexity index is 1170. The predicted molar refractivity (Wildman–Crippen MR) is 124 cm³/mol. The molecule has 4 aromatic rings. The Morgan fingerprint density at radius 2 is 1.77 bits per heavy atom. The van der Waals surface area contributed by atoms with Gasteiger partial charge in [-0.3, -0.25) is 4.79 Å². The Balaban J connectivity index is 1.48. The lowest BCUT2D eigenvalue weighted by Gasteiger charge is -2.08. The van der Waals surface area contributed by atoms with Crippen molar-refractivity contribution in [1.29, 1.82) is 0 Å². The number of hydrogen-bond donors (Lipinski definition) is 2. The fraction of sp³-hybridized carbons (Fsp3) is 0.0833. The Labute approximate surface area is 184 Å². The molecule has 6 nitrogen and oxygen atoms in total. The zero-order chi connectivity index (χ0) is 21.6. The van der Waals surface area contributed by atoms with E-state index in [1.807, 2.05) is 54.6 Å². The number of ether oxygens (including phenoxy) is 2. The second-order valence-electron chi connectivity index (χ2n) is 6.73. The summed E-state index contributed by atoms with van der Waals surface area (Å²) in [7, 11) is 1.58. The molecule has 3 aromatic carbocycles. The largest absolute Gasteiger partial charge is 0.497 e. The number of nitrogens with two attached hydrogens (primary N) is 1. The van der Waals surface area contributed by atoms with Gasteiger partial charge >= 0.3 is 0 Å². The van der Waals surface area contributed by atoms with Crippen LogP contribution in [-0.4, -0.2) is 18.4 Å². The SMILES string of the molecule is COc1ccc(C=O)c(-c2sc(Nc3ccc(OCc4ccccc4)cc3)nc2N)c1. The standard InChI is InChI=1S/C24H21N3O3S/c1-29-20-10-7-17(14-28)21(13-20)22-23(25)27-24(31-22)26-18-8-11-19(12-9-18)30-15-16-5-3-2-4-6-16/h2-14H,15,25H2,1H3,(H,26,27). The highest BCUT2D eigenvalue weighted by Gasteiger charge is 2.15. The van der Waals surface area contributed by atoms with E-state index in [-0.39, 0.29) is 0 Å². The van der Waals surface area contributed by atoms with Gasteiger partial charge in [-0.25, -0.2) is 4.98 Å². The van der Waals surface area contributed by atoms with Crippen molar-refractivity contribution in [3.8, 4) is 21.9 Å². The van der Waals surface area contributed by atoms with E-state index in [0.29, 0.717) is 39.3 Å². The summed E-state index contributed by atoms with van der Waals surface area (Å²) in [5.41, 5.74) is 9.34. The number of anilines is 3. The van der Waals surface area contributed by atoms with Crippen molar-refractivity contribution in [2.75, 3.05) is 18.2 Å². The first kappa shape index (κ1) is 20.4. The van der Waals surface area contributed by atoms with Gasteiger partial charge in [-0.2, -0.15) is 0 Å². The molecule has 31 heavy (non-hydrogen) atoms. The maximum atomic E-state index is 11.5. The van der Waals surface area contributed by atoms with E-state index in [1.165, 1.54) is 11.3 Å². The average Bonchev–Trinajstić information content (AvgIpc) is 3.18. The Morgan fingerprint density at radius 1 is 1.03 bits per heavy atom. The molecule has 0 aliphatic rings. The molecule has 0 unspecified atom stereocenters. The van der Waals surface area contributed by atoms with Gasteiger partial charge in [0.2, 0.25) is 0 Å². The van der Waals surface area contributed by atoms with E-state index < -0.39 is 0 Å². The number of carbonyl (C=O) groups is 1. The quantitative estimate of drug-likeness (QED) is 0.357. The molecule has 7 heteroatoms. The molecular formula is C24H21N3O3S. The molecule has 0 fully saturated rings. The van der Waals surface area contributed by atoms with Crippen LogP contribution in [0.5, 0.6) is 11.5 Å². The van der Waals surface area contributed by atoms with Crippen LogP contribution in [0.3, 0.4) is 0 Å². The van der Waals surface area contributed by atoms with Gasteiger partial charge in [0.05, 0.1) is 12.0 Å². The Morgan fingerprint density at radius 3 is 2.48 bits per heavy atom. The first-order valence-electron chi connectivity index (χ1n) is 9.60. The molecule has 0 spiro atoms. The molecule has 0 aliphatic heterocycles. The minimum absolute atomic E-state index is 0.353. The molecular weight excluding hydrogens is 410 g/mol. The number of rotatable bonds is 8. The molecule has 1 aromatic heterocycles. The summed E-state index contributed by atoms with van der Waals surface area (Å²) in [6.45, 7) is 0.513. The summed E-state index contributed by atoms with van der Waals surface area (Å²) in [5, 5.41) is 3.88. The Kier molecular flexibility index (Phi) is 6.14. The van der Waals surface area contributed by atoms with Crippen molar-refractivity contribution in [1.82, 2.24) is 4.98 Å². The minimum Gasteiger partial charge on any atom is -0.497 e. The first-order chi connectivity index (χ1) is 15.2. The molecule has 0 radical (unpaired) electrons. The summed E-state index contributed by atoms with van der Waals surface area (Å²) < 4.78 is 11.1. The molecule has 0 bridgehead atoms. The van der Waals surface area contributed by atoms with Crippen LogP contribution in [0.1, 0.15) is 15.9 Å². The van der Waals surface area contributed by atoms with Crippen molar-refractivity contribution in [2.45, 2.75) is 6.61 Å². The molecule has 0 aliphatic carbocycles. The number of aromatic nitrogens is 1. The minimum atomic E-state index is 0.353. The molecule has 156 valence electrons. The predicted octanol–water partition coefficient (Wildman–Crippen LogP) is 5.54. The summed E-state index contributed by atoms with van der Waals surface area (Å²) >= 11 is 1.37. The topological polar surface area (TPSA) is 86.5 Å². The smallest absolute Gasteiger partial charge is 0.189 e. The van der Waals surface area contributed by atoms with Gasteiger partial charge in [0, 0.05) is 16.8 Å². The van der Waals surface area contributed by atoms with E-state index in [9.17, 15) is 4.79 Å². The molecule has 0 amide bonds. The lowest BCUT2D eigenvalue weighted by molar-refractivity contribution is 0.112. The van der Waals surface area contributed by atoms with Gasteiger partial charge in [-0.15, -0.1) is 0 Å². The third-order valence-corrected chi connectivity index (χ3v) is 5.66. The summed E-state index contributed by atoms with van der Waals surface area (Å²) in [4.78, 5) is 16.6. The van der Waals surface area contributed by atoms with Gasteiger partial charge in [-0.1, -0.05) is 41.7 Å². The molecule has 0 saturated carbocycles. The number of thiazole rings is 1. The molecule has 1 heterocycles. The van der Waals surface area contributed by atoms with Crippen LogP contribution < -0.4 is 20.5 Å². The van der Waals surface area contributed by atoms with Crippen LogP contribution in [-0.2, 0) is 6.61 Å². The number of benzene rings is 3. The lowest BCUT2D eigenvalue weighted by atomic mass is 10.1. The average molecular weight is 432 g/mol. The van der Waals surface area contributed by atoms with E-state index in [0.717, 1.165) is 23.3 Å². The van der Waals surface area contributed by atoms with Crippen LogP contribution >= 0.6 is 11.3 Å². The summed E-state index contributed by atoms with van der Waals surface area (Å²) in [6, 6.07) is 22.9. The number of nitrogens with one attached hydrogen (secondary N) is 1. The van der Waals surface area contributed by atoms with Gasteiger partial charge in [0.1, 0.15) is 23.9 Å². The van der Waals surface area contributed by atoms with Gasteiger partial charge < -0.3 is 20.5 Å². The van der Waals surface area contributed by atoms with E-state index >= 15 is 0 Å². The zero-order valence-electron chi connectivity index (χ0n) is 16.9. The van der Waals surface area contributed by atoms with Crippen molar-refractivity contribution in [2.24, 2.45) is 0 Å². The van der Waals surface area contributed by atoms with Crippen LogP contribution in [0.4, 0.5) is 16.6 Å². The van der Waals surface area contributed by atoms with Crippen molar-refractivity contribution in [3.05, 3.63) is 83.9 Å². The third kappa shape index (κ3) is 4.84. The van der Waals surface area contributed by atoms with E-state index in [4.69, 9.17) is 15.2 Å². The zero-order valence-corrected chi connectivity index (χ0v) is 17.7. The highest BCUT2D eigenvalue weighted by atomic mass is 32.1. The Hall–Kier alpha value is -3.84. The molecule has 4 rings (SSSR count). The van der Waals surface area contributed by atoms with Crippen molar-refractivity contribution in [3.63, 3.8) is 0 Å². The number of nitrogens with zero attached hydrogens (tertiary/aromatic N) is 1. The summed E-state index contributed by atoms with van der Waals surface area (Å²) in [5.74, 6) is 1.78. The number of aldehydes is 1. The number of hydrogen-bond acceptors (Lipinski definition) is 7. The van der Waals surface area contributed by atoms with Gasteiger partial charge in [0.25, 0.3) is 0 Å². The van der Waals surface area contributed by atoms with Gasteiger partial charge in [0.15, 0.2) is 11.4 Å². The monoisotopic (exact) mass is 431 g/mol. The lowest BCUT2D eigenvalue weighted by Crippen LogP contribution is -1.95. The van der Waals surface area contributed by atoms with Crippen LogP contribution in [0.2, 0.25) is 0 Å². The van der Waals surface area contributed by atoms with Crippen LogP contribution in [0, 0.1) is 0 Å². The molecule has 0 saturated heterocycles. The number of methoxy groups -OCH3 is 1. The van der Waals surface area contributed by atoms with E-state index in [2.05, 4.69) is 10.3 Å². The molecule has 0 atom stereocenters. The highest BCUT2D eigenvalue weighted by Crippen LogP contribution is 2.39. The number of nitrogen functional groups attached to an aromatic ring is 1. The molecule has 3 N–H and O–H groups in total. The van der Waals surface area contributed by atoms with Gasteiger partial charge in [-0.05, 0) is 48.0 Å². The number of carbonyl (C=O) groups excluding carboxylic acids is 1. The normalized spacial score (nSPS) is 10.5. The maximum absolute atomic E-state index is 11.5. The fourth-order valence-corrected chi connectivity index (χ4v) is 3.98. The van der Waals surface area contributed by atoms with Crippen molar-refractivity contribution >= 4 is 34.3 Å². The van der Waals surface area contributed by atoms with E-state index in [1.54, 1.807) is 25.3 Å². The third-order valence-electron chi connectivity index (χ3n) is 4.64. The second kappa shape index (κ2) is 9.32. The maximum Gasteiger partial charge on any atom is 0.189 e. The summed E-state index contributed by atoms with van der Waals surface area (Å²) in [6.07, 6.45) is 0.801. The van der Waals surface area contributed by atoms with Crippen LogP contribution in [0.15, 0.2) is 72.8 Å². The van der Waals surface area contributed by atoms with Crippen LogP contribution in [0.25, 0.3) is 10.4 Å². The first-order valence-corrected chi connectivity index (χ1v) is 10.4. The highest BCUT2D eigenvalue weighted by molar-refractivity contribution is 7.19. The second-order valence-corrected chi connectivity index (χ2v) is 7.73. The fourth-order valence-electron chi connectivity index (χ4n) is 3.04.